The van der Waals surface area contributed by atoms with Crippen molar-refractivity contribution in [3.8, 4) is 0 Å². The maximum absolute atomic E-state index is 2.35. The topological polar surface area (TPSA) is 4.44 Å². The van der Waals surface area contributed by atoms with Crippen molar-refractivity contribution in [3.63, 3.8) is 0 Å². The van der Waals surface area contributed by atoms with E-state index in [1.54, 1.807) is 4.90 Å². The van der Waals surface area contributed by atoms with Gasteiger partial charge in [-0.1, -0.05) is 12.8 Å². The third-order valence-electron chi connectivity index (χ3n) is 3.62. The first-order valence-electron chi connectivity index (χ1n) is 5.17. The second kappa shape index (κ2) is 4.80. The molecule has 0 aromatic heterocycles. The van der Waals surface area contributed by atoms with Gasteiger partial charge in [-0.05, 0) is 25.2 Å². The van der Waals surface area contributed by atoms with E-state index in [0.717, 1.165) is 11.8 Å². The van der Waals surface area contributed by atoms with Crippen molar-refractivity contribution in [2.24, 2.45) is 11.8 Å². The Kier molecular flexibility index (Phi) is 4.30. The van der Waals surface area contributed by atoms with Gasteiger partial charge in [0.15, 0.2) is 0 Å². The molecule has 1 saturated heterocycles. The lowest BCUT2D eigenvalue weighted by Gasteiger charge is -2.37. The van der Waals surface area contributed by atoms with Crippen molar-refractivity contribution in [3.05, 3.63) is 0 Å². The molecular weight excluding hydrogens is 261 g/mol. The number of halogens is 1. The molecule has 1 aliphatic heterocycles. The van der Waals surface area contributed by atoms with E-state index in [1.165, 1.54) is 45.2 Å². The van der Waals surface area contributed by atoms with Crippen LogP contribution in [0.1, 0.15) is 32.1 Å². The quantitative estimate of drug-likeness (QED) is 0.477. The monoisotopic (exact) mass is 281 g/mol. The lowest BCUT2D eigenvalue weighted by molar-refractivity contribution is -0.890. The van der Waals surface area contributed by atoms with Crippen LogP contribution in [0.4, 0.5) is 0 Å². The second-order valence-electron chi connectivity index (χ2n) is 4.50. The Hall–Kier alpha value is 0.690. The maximum Gasteiger partial charge on any atom is 0.0800 e. The fraction of sp³-hybridized carbons (Fsp3) is 1.00. The zero-order valence-electron chi connectivity index (χ0n) is 7.98. The summed E-state index contributed by atoms with van der Waals surface area (Å²) in [4.78, 5) is 1.77. The number of likely N-dealkylation sites (tertiary alicyclic amines) is 1. The number of nitrogens with one attached hydrogen (secondary N) is 1. The predicted molar refractivity (Wildman–Crippen MR) is 46.7 cm³/mol. The van der Waals surface area contributed by atoms with Gasteiger partial charge in [0.2, 0.25) is 0 Å². The molecule has 0 amide bonds. The Morgan fingerprint density at radius 1 is 1.00 bits per heavy atom. The molecule has 0 aromatic carbocycles. The van der Waals surface area contributed by atoms with Gasteiger partial charge in [0.1, 0.15) is 0 Å². The highest BCUT2D eigenvalue weighted by atomic mass is 127. The highest BCUT2D eigenvalue weighted by Gasteiger charge is 2.31. The summed E-state index contributed by atoms with van der Waals surface area (Å²) in [6.07, 6.45) is 7.60. The summed E-state index contributed by atoms with van der Waals surface area (Å²) in [5.41, 5.74) is 0. The Morgan fingerprint density at radius 2 is 1.67 bits per heavy atom. The minimum absolute atomic E-state index is 0. The molecule has 1 saturated carbocycles. The molecule has 2 aliphatic rings. The summed E-state index contributed by atoms with van der Waals surface area (Å²) in [5, 5.41) is 0. The van der Waals surface area contributed by atoms with E-state index in [4.69, 9.17) is 0 Å². The van der Waals surface area contributed by atoms with Crippen LogP contribution in [0.3, 0.4) is 0 Å². The van der Waals surface area contributed by atoms with E-state index in [2.05, 4.69) is 7.05 Å². The highest BCUT2D eigenvalue weighted by molar-refractivity contribution is 4.76. The molecule has 72 valence electrons. The molecule has 2 heteroatoms. The lowest BCUT2D eigenvalue weighted by Crippen LogP contribution is -3.11. The van der Waals surface area contributed by atoms with Crippen molar-refractivity contribution >= 4 is 0 Å². The van der Waals surface area contributed by atoms with Crippen LogP contribution in [0.5, 0.6) is 0 Å². The van der Waals surface area contributed by atoms with Crippen LogP contribution in [-0.4, -0.2) is 20.1 Å². The summed E-state index contributed by atoms with van der Waals surface area (Å²) in [7, 11) is 2.35. The van der Waals surface area contributed by atoms with Crippen LogP contribution in [0.15, 0.2) is 0 Å². The molecule has 0 aromatic rings. The summed E-state index contributed by atoms with van der Waals surface area (Å²) in [6.45, 7) is 2.89. The minimum atomic E-state index is 0. The number of piperidine rings is 1. The van der Waals surface area contributed by atoms with Gasteiger partial charge in [-0.15, -0.1) is 0 Å². The molecule has 3 atom stereocenters. The summed E-state index contributed by atoms with van der Waals surface area (Å²) >= 11 is 0. The zero-order chi connectivity index (χ0) is 7.68. The van der Waals surface area contributed by atoms with Gasteiger partial charge in [0.05, 0.1) is 20.1 Å². The molecule has 0 radical (unpaired) electrons. The van der Waals surface area contributed by atoms with Crippen molar-refractivity contribution < 1.29 is 28.9 Å². The standard InChI is InChI=1S/C10H19N.HI/c1-11-7-6-9-4-2-3-5-10(9)8-11;/h9-10H,2-8H2,1H3;1H. The molecule has 1 nitrogen and oxygen atoms in total. The third-order valence-corrected chi connectivity index (χ3v) is 3.62. The van der Waals surface area contributed by atoms with Gasteiger partial charge < -0.3 is 28.9 Å². The van der Waals surface area contributed by atoms with Crippen molar-refractivity contribution in [2.75, 3.05) is 20.1 Å². The second-order valence-corrected chi connectivity index (χ2v) is 4.50. The van der Waals surface area contributed by atoms with Crippen LogP contribution >= 0.6 is 0 Å². The summed E-state index contributed by atoms with van der Waals surface area (Å²) in [5.74, 6) is 2.21. The maximum atomic E-state index is 2.35. The smallest absolute Gasteiger partial charge is 0.0800 e. The van der Waals surface area contributed by atoms with E-state index >= 15 is 0 Å². The molecule has 2 rings (SSSR count). The first kappa shape index (κ1) is 10.8. The molecule has 0 bridgehead atoms. The van der Waals surface area contributed by atoms with Crippen molar-refractivity contribution in [1.82, 2.24) is 0 Å². The van der Waals surface area contributed by atoms with Crippen molar-refractivity contribution in [2.45, 2.75) is 32.1 Å². The number of fused-ring (bicyclic) bond motifs is 1. The van der Waals surface area contributed by atoms with E-state index in [-0.39, 0.29) is 24.0 Å². The molecular formula is C10H20IN. The molecule has 2 fully saturated rings. The Bertz CT molecular complexity index is 138. The lowest BCUT2D eigenvalue weighted by atomic mass is 9.75. The first-order valence-corrected chi connectivity index (χ1v) is 5.17. The third kappa shape index (κ3) is 2.34. The fourth-order valence-corrected chi connectivity index (χ4v) is 2.91. The van der Waals surface area contributed by atoms with Crippen LogP contribution in [-0.2, 0) is 0 Å². The van der Waals surface area contributed by atoms with E-state index < -0.39 is 0 Å². The van der Waals surface area contributed by atoms with E-state index in [9.17, 15) is 0 Å². The fourth-order valence-electron chi connectivity index (χ4n) is 2.91. The highest BCUT2D eigenvalue weighted by Crippen LogP contribution is 2.32. The number of quaternary nitrogens is 1. The largest absolute Gasteiger partial charge is 1.00 e. The van der Waals surface area contributed by atoms with Gasteiger partial charge >= 0.3 is 0 Å². The summed E-state index contributed by atoms with van der Waals surface area (Å²) in [6, 6.07) is 0. The van der Waals surface area contributed by atoms with Crippen LogP contribution in [0, 0.1) is 11.8 Å². The van der Waals surface area contributed by atoms with Crippen LogP contribution < -0.4 is 28.9 Å². The van der Waals surface area contributed by atoms with Crippen molar-refractivity contribution in [1.29, 1.82) is 0 Å². The molecule has 3 unspecified atom stereocenters. The first-order chi connectivity index (χ1) is 5.36. The molecule has 1 heterocycles. The number of rotatable bonds is 0. The van der Waals surface area contributed by atoms with Gasteiger partial charge in [0.25, 0.3) is 0 Å². The molecule has 1 N–H and O–H groups in total. The van der Waals surface area contributed by atoms with Gasteiger partial charge in [0, 0.05) is 5.92 Å². The summed E-state index contributed by atoms with van der Waals surface area (Å²) < 4.78 is 0. The number of hydrogen-bond acceptors (Lipinski definition) is 0. The van der Waals surface area contributed by atoms with Crippen LogP contribution in [0.2, 0.25) is 0 Å². The SMILES string of the molecule is C[NH+]1CCC2CCCCC2C1.[I-]. The minimum Gasteiger partial charge on any atom is -1.00 e. The van der Waals surface area contributed by atoms with E-state index in [1.807, 2.05) is 0 Å². The average Bonchev–Trinajstić information content (AvgIpc) is 2.04. The molecule has 12 heavy (non-hydrogen) atoms. The van der Waals surface area contributed by atoms with Gasteiger partial charge in [-0.2, -0.15) is 0 Å². The van der Waals surface area contributed by atoms with Gasteiger partial charge in [-0.3, -0.25) is 0 Å². The predicted octanol–water partition coefficient (Wildman–Crippen LogP) is -2.28. The Morgan fingerprint density at radius 3 is 2.42 bits per heavy atom. The Labute approximate surface area is 92.9 Å². The molecule has 1 aliphatic carbocycles. The zero-order valence-corrected chi connectivity index (χ0v) is 10.1. The van der Waals surface area contributed by atoms with Crippen LogP contribution in [0.25, 0.3) is 0 Å². The normalized spacial score (nSPS) is 41.2. The average molecular weight is 281 g/mol. The molecule has 0 spiro atoms. The Balaban J connectivity index is 0.000000720. The van der Waals surface area contributed by atoms with E-state index in [0.29, 0.717) is 0 Å². The number of hydrogen-bond donors (Lipinski definition) is 1. The van der Waals surface area contributed by atoms with Gasteiger partial charge in [-0.25, -0.2) is 0 Å².